The molecule has 0 unspecified atom stereocenters. The van der Waals surface area contributed by atoms with Gasteiger partial charge in [-0.25, -0.2) is 4.68 Å². The van der Waals surface area contributed by atoms with Crippen molar-refractivity contribution < 1.29 is 4.79 Å². The fourth-order valence-electron chi connectivity index (χ4n) is 2.04. The Hall–Kier alpha value is -2.47. The van der Waals surface area contributed by atoms with Crippen LogP contribution in [0.3, 0.4) is 0 Å². The Labute approximate surface area is 136 Å². The highest BCUT2D eigenvalue weighted by atomic mass is 16.1. The lowest BCUT2D eigenvalue weighted by Gasteiger charge is -2.22. The zero-order valence-corrected chi connectivity index (χ0v) is 14.0. The van der Waals surface area contributed by atoms with Crippen LogP contribution in [0.4, 0.5) is 0 Å². The quantitative estimate of drug-likeness (QED) is 0.825. The SMILES string of the molecule is CN(C)C/C=C/C(=O)NC(C)(C)c1cn(-c2ccccc2)nn1. The molecule has 0 saturated carbocycles. The van der Waals surface area contributed by atoms with Crippen molar-refractivity contribution in [2.24, 2.45) is 0 Å². The molecule has 2 aromatic rings. The molecule has 6 heteroatoms. The molecule has 0 radical (unpaired) electrons. The maximum Gasteiger partial charge on any atom is 0.244 e. The standard InChI is InChI=1S/C17H23N5O/c1-17(2,18-16(23)11-8-12-21(3)4)15-13-22(20-19-15)14-9-6-5-7-10-14/h5-11,13H,12H2,1-4H3,(H,18,23)/b11-8+. The molecule has 1 N–H and O–H groups in total. The van der Waals surface area contributed by atoms with Gasteiger partial charge in [-0.2, -0.15) is 0 Å². The number of aromatic nitrogens is 3. The normalized spacial score (nSPS) is 12.0. The highest BCUT2D eigenvalue weighted by molar-refractivity contribution is 5.88. The van der Waals surface area contributed by atoms with Crippen LogP contribution in [0.2, 0.25) is 0 Å². The molecule has 0 aliphatic heterocycles. The van der Waals surface area contributed by atoms with Crippen molar-refractivity contribution in [1.29, 1.82) is 0 Å². The maximum atomic E-state index is 12.0. The van der Waals surface area contributed by atoms with Crippen molar-refractivity contribution in [3.8, 4) is 5.69 Å². The lowest BCUT2D eigenvalue weighted by atomic mass is 10.0. The van der Waals surface area contributed by atoms with Gasteiger partial charge in [-0.1, -0.05) is 29.5 Å². The molecule has 0 spiro atoms. The lowest BCUT2D eigenvalue weighted by Crippen LogP contribution is -2.40. The van der Waals surface area contributed by atoms with Crippen molar-refractivity contribution >= 4 is 5.91 Å². The molecule has 0 saturated heterocycles. The van der Waals surface area contributed by atoms with Gasteiger partial charge in [-0.3, -0.25) is 4.79 Å². The number of hydrogen-bond acceptors (Lipinski definition) is 4. The van der Waals surface area contributed by atoms with E-state index in [0.29, 0.717) is 5.69 Å². The van der Waals surface area contributed by atoms with Crippen molar-refractivity contribution in [2.45, 2.75) is 19.4 Å². The van der Waals surface area contributed by atoms with Crippen LogP contribution >= 0.6 is 0 Å². The minimum Gasteiger partial charge on any atom is -0.342 e. The van der Waals surface area contributed by atoms with Crippen LogP contribution in [-0.2, 0) is 10.3 Å². The molecular weight excluding hydrogens is 290 g/mol. The van der Waals surface area contributed by atoms with E-state index in [2.05, 4.69) is 15.6 Å². The molecule has 0 aliphatic carbocycles. The van der Waals surface area contributed by atoms with Crippen LogP contribution in [0.25, 0.3) is 5.69 Å². The van der Waals surface area contributed by atoms with Crippen LogP contribution in [0, 0.1) is 0 Å². The van der Waals surface area contributed by atoms with E-state index < -0.39 is 5.54 Å². The molecule has 1 aromatic carbocycles. The van der Waals surface area contributed by atoms with Gasteiger partial charge in [-0.05, 0) is 40.1 Å². The number of nitrogens with one attached hydrogen (secondary N) is 1. The van der Waals surface area contributed by atoms with Crippen molar-refractivity contribution in [3.63, 3.8) is 0 Å². The molecule has 0 fully saturated rings. The molecule has 1 amide bonds. The van der Waals surface area contributed by atoms with Crippen molar-refractivity contribution in [2.75, 3.05) is 20.6 Å². The summed E-state index contributed by atoms with van der Waals surface area (Å²) in [5, 5.41) is 11.3. The molecular formula is C17H23N5O. The highest BCUT2D eigenvalue weighted by Gasteiger charge is 2.25. The summed E-state index contributed by atoms with van der Waals surface area (Å²) in [6.07, 6.45) is 5.20. The molecule has 1 aromatic heterocycles. The van der Waals surface area contributed by atoms with Gasteiger partial charge in [0.05, 0.1) is 17.4 Å². The third-order valence-corrected chi connectivity index (χ3v) is 3.33. The van der Waals surface area contributed by atoms with E-state index in [9.17, 15) is 4.79 Å². The zero-order chi connectivity index (χ0) is 16.9. The van der Waals surface area contributed by atoms with Gasteiger partial charge >= 0.3 is 0 Å². The second-order valence-electron chi connectivity index (χ2n) is 6.16. The predicted octanol–water partition coefficient (Wildman–Crippen LogP) is 1.74. The zero-order valence-electron chi connectivity index (χ0n) is 14.0. The summed E-state index contributed by atoms with van der Waals surface area (Å²) in [7, 11) is 3.90. The minimum atomic E-state index is -0.605. The molecule has 2 rings (SSSR count). The van der Waals surface area contributed by atoms with Gasteiger partial charge in [0.25, 0.3) is 0 Å². The number of para-hydroxylation sites is 1. The van der Waals surface area contributed by atoms with Gasteiger partial charge in [-0.15, -0.1) is 5.10 Å². The third kappa shape index (κ3) is 4.75. The van der Waals surface area contributed by atoms with Crippen LogP contribution in [0.15, 0.2) is 48.7 Å². The Balaban J connectivity index is 2.06. The number of benzene rings is 1. The minimum absolute atomic E-state index is 0.147. The third-order valence-electron chi connectivity index (χ3n) is 3.33. The van der Waals surface area contributed by atoms with Crippen molar-refractivity contribution in [3.05, 3.63) is 54.4 Å². The first-order valence-corrected chi connectivity index (χ1v) is 7.50. The molecule has 0 bridgehead atoms. The highest BCUT2D eigenvalue weighted by Crippen LogP contribution is 2.18. The summed E-state index contributed by atoms with van der Waals surface area (Å²) in [6, 6.07) is 9.74. The summed E-state index contributed by atoms with van der Waals surface area (Å²) in [6.45, 7) is 4.53. The smallest absolute Gasteiger partial charge is 0.244 e. The van der Waals surface area contributed by atoms with E-state index in [-0.39, 0.29) is 5.91 Å². The fraction of sp³-hybridized carbons (Fsp3) is 0.353. The first kappa shape index (κ1) is 16.9. The summed E-state index contributed by atoms with van der Waals surface area (Å²) >= 11 is 0. The average Bonchev–Trinajstić information content (AvgIpc) is 2.98. The van der Waals surface area contributed by atoms with Crippen LogP contribution in [-0.4, -0.2) is 46.4 Å². The average molecular weight is 313 g/mol. The first-order chi connectivity index (χ1) is 10.9. The Kier molecular flexibility index (Phi) is 5.28. The second kappa shape index (κ2) is 7.19. The van der Waals surface area contributed by atoms with E-state index in [4.69, 9.17) is 0 Å². The number of likely N-dealkylation sites (N-methyl/N-ethyl adjacent to an activating group) is 1. The number of hydrogen-bond donors (Lipinski definition) is 1. The largest absolute Gasteiger partial charge is 0.342 e. The Morgan fingerprint density at radius 3 is 2.65 bits per heavy atom. The molecule has 1 heterocycles. The maximum absolute atomic E-state index is 12.0. The summed E-state index contributed by atoms with van der Waals surface area (Å²) in [4.78, 5) is 14.0. The van der Waals surface area contributed by atoms with Gasteiger partial charge < -0.3 is 10.2 Å². The number of carbonyl (C=O) groups is 1. The molecule has 0 atom stereocenters. The van der Waals surface area contributed by atoms with E-state index in [0.717, 1.165) is 12.2 Å². The van der Waals surface area contributed by atoms with Crippen molar-refractivity contribution in [1.82, 2.24) is 25.2 Å². The Morgan fingerprint density at radius 1 is 1.30 bits per heavy atom. The van der Waals surface area contributed by atoms with Crippen LogP contribution in [0.1, 0.15) is 19.5 Å². The number of nitrogens with zero attached hydrogens (tertiary/aromatic N) is 4. The topological polar surface area (TPSA) is 63.1 Å². The monoisotopic (exact) mass is 313 g/mol. The van der Waals surface area contributed by atoms with Gasteiger partial charge in [0.2, 0.25) is 5.91 Å². The number of carbonyl (C=O) groups excluding carboxylic acids is 1. The molecule has 0 aliphatic rings. The van der Waals surface area contributed by atoms with Gasteiger partial charge in [0.15, 0.2) is 0 Å². The second-order valence-corrected chi connectivity index (χ2v) is 6.16. The summed E-state index contributed by atoms with van der Waals surface area (Å²) < 4.78 is 1.70. The Bertz CT molecular complexity index is 673. The summed E-state index contributed by atoms with van der Waals surface area (Å²) in [5.74, 6) is -0.147. The van der Waals surface area contributed by atoms with Crippen LogP contribution in [0.5, 0.6) is 0 Å². The Morgan fingerprint density at radius 2 is 2.00 bits per heavy atom. The molecule has 23 heavy (non-hydrogen) atoms. The van der Waals surface area contributed by atoms with E-state index >= 15 is 0 Å². The number of amides is 1. The molecule has 122 valence electrons. The first-order valence-electron chi connectivity index (χ1n) is 7.50. The number of rotatable bonds is 6. The van der Waals surface area contributed by atoms with E-state index in [1.54, 1.807) is 10.8 Å². The van der Waals surface area contributed by atoms with Crippen LogP contribution < -0.4 is 5.32 Å². The molecule has 6 nitrogen and oxygen atoms in total. The van der Waals surface area contributed by atoms with E-state index in [1.807, 2.05) is 75.4 Å². The summed E-state index contributed by atoms with van der Waals surface area (Å²) in [5.41, 5.74) is 1.03. The van der Waals surface area contributed by atoms with E-state index in [1.165, 1.54) is 0 Å². The van der Waals surface area contributed by atoms with Gasteiger partial charge in [0.1, 0.15) is 5.69 Å². The predicted molar refractivity (Wildman–Crippen MR) is 90.2 cm³/mol. The fourth-order valence-corrected chi connectivity index (χ4v) is 2.04. The lowest BCUT2D eigenvalue weighted by molar-refractivity contribution is -0.118. The van der Waals surface area contributed by atoms with Gasteiger partial charge in [0, 0.05) is 12.6 Å².